The Morgan fingerprint density at radius 2 is 2.28 bits per heavy atom. The number of fused-ring (bicyclic) bond motifs is 1. The Bertz CT molecular complexity index is 1130. The highest BCUT2D eigenvalue weighted by molar-refractivity contribution is 7.18. The number of nitrogens with one attached hydrogen (secondary N) is 2. The van der Waals surface area contributed by atoms with Gasteiger partial charge in [0.05, 0.1) is 32.7 Å². The van der Waals surface area contributed by atoms with Crippen LogP contribution in [0.25, 0.3) is 10.1 Å². The third kappa shape index (κ3) is 3.10. The van der Waals surface area contributed by atoms with Crippen LogP contribution in [0.2, 0.25) is 5.15 Å². The second kappa shape index (κ2) is 6.81. The van der Waals surface area contributed by atoms with Gasteiger partial charge in [-0.25, -0.2) is 9.67 Å². The molecule has 25 heavy (non-hydrogen) atoms. The zero-order chi connectivity index (χ0) is 20.6. The van der Waals surface area contributed by atoms with Gasteiger partial charge in [-0.2, -0.15) is 5.10 Å². The molecule has 1 amide bonds. The lowest BCUT2D eigenvalue weighted by Gasteiger charge is -2.11. The first-order valence-electron chi connectivity index (χ1n) is 8.84. The largest absolute Gasteiger partial charge is 0.355 e. The van der Waals surface area contributed by atoms with Gasteiger partial charge in [-0.15, -0.1) is 11.3 Å². The lowest BCUT2D eigenvalue weighted by atomic mass is 10.2. The number of carbonyl (C=O) groups is 1. The number of thiophene rings is 1. The molecule has 0 saturated heterocycles. The van der Waals surface area contributed by atoms with E-state index in [0.29, 0.717) is 23.3 Å². The van der Waals surface area contributed by atoms with Crippen molar-refractivity contribution in [3.8, 4) is 0 Å². The summed E-state index contributed by atoms with van der Waals surface area (Å²) < 4.78 is 23.7. The van der Waals surface area contributed by atoms with E-state index in [2.05, 4.69) is 15.4 Å². The maximum Gasteiger partial charge on any atom is 0.277 e. The minimum atomic E-state index is -2.65. The Morgan fingerprint density at radius 1 is 1.48 bits per heavy atom. The summed E-state index contributed by atoms with van der Waals surface area (Å²) in [6.45, 7) is 1.39. The molecule has 0 fully saturated rings. The molecule has 0 bridgehead atoms. The lowest BCUT2D eigenvalue weighted by molar-refractivity contribution is 0.0963. The average Bonchev–Trinajstić information content (AvgIpc) is 3.01. The van der Waals surface area contributed by atoms with Crippen LogP contribution in [0.5, 0.6) is 0 Å². The Kier molecular flexibility index (Phi) is 3.76. The van der Waals surface area contributed by atoms with Crippen LogP contribution in [-0.2, 0) is 6.54 Å². The second-order valence-electron chi connectivity index (χ2n) is 5.19. The molecule has 3 heterocycles. The number of amides is 1. The Balaban J connectivity index is 2.10. The standard InChI is InChI=1S/C16H16ClN5O2S/c1-4-22-16(24)13-11(7-25-14(13)8(2)21-22)20-10-5-12(17)19-6-9(10)15(23)18-3/h5-7H,4H2,1-3H3,(H,18,23)(H,19,20)/i3D3. The van der Waals surface area contributed by atoms with E-state index in [4.69, 9.17) is 15.7 Å². The van der Waals surface area contributed by atoms with Crippen molar-refractivity contribution < 1.29 is 8.91 Å². The van der Waals surface area contributed by atoms with Crippen molar-refractivity contribution in [2.75, 3.05) is 12.3 Å². The molecule has 0 atom stereocenters. The van der Waals surface area contributed by atoms with Gasteiger partial charge in [0.2, 0.25) is 0 Å². The van der Waals surface area contributed by atoms with Crippen molar-refractivity contribution in [1.82, 2.24) is 20.1 Å². The van der Waals surface area contributed by atoms with E-state index in [-0.39, 0.29) is 22.0 Å². The minimum absolute atomic E-state index is 0.0125. The van der Waals surface area contributed by atoms with E-state index in [1.807, 2.05) is 19.2 Å². The molecule has 3 rings (SSSR count). The van der Waals surface area contributed by atoms with Gasteiger partial charge in [-0.1, -0.05) is 11.6 Å². The number of pyridine rings is 1. The van der Waals surface area contributed by atoms with Gasteiger partial charge in [-0.3, -0.25) is 9.59 Å². The van der Waals surface area contributed by atoms with Crippen LogP contribution in [0, 0.1) is 6.92 Å². The Morgan fingerprint density at radius 3 is 3.00 bits per heavy atom. The minimum Gasteiger partial charge on any atom is -0.355 e. The number of hydrogen-bond donors (Lipinski definition) is 2. The monoisotopic (exact) mass is 380 g/mol. The number of rotatable bonds is 4. The molecule has 0 aliphatic carbocycles. The van der Waals surface area contributed by atoms with Crippen LogP contribution < -0.4 is 16.2 Å². The predicted octanol–water partition coefficient (Wildman–Crippen LogP) is 2.94. The first-order valence-corrected chi connectivity index (χ1v) is 8.60. The molecule has 0 aliphatic heterocycles. The van der Waals surface area contributed by atoms with Crippen LogP contribution >= 0.6 is 22.9 Å². The predicted molar refractivity (Wildman–Crippen MR) is 100 cm³/mol. The number of aromatic nitrogens is 3. The van der Waals surface area contributed by atoms with Crippen LogP contribution in [0.15, 0.2) is 22.4 Å². The van der Waals surface area contributed by atoms with Crippen LogP contribution in [0.1, 0.15) is 27.1 Å². The van der Waals surface area contributed by atoms with Crippen LogP contribution in [0.3, 0.4) is 0 Å². The van der Waals surface area contributed by atoms with Gasteiger partial charge in [0.1, 0.15) is 5.15 Å². The highest BCUT2D eigenvalue weighted by Gasteiger charge is 2.17. The number of anilines is 2. The zero-order valence-corrected chi connectivity index (χ0v) is 15.0. The molecular formula is C16H16ClN5O2S. The molecule has 0 unspecified atom stereocenters. The van der Waals surface area contributed by atoms with E-state index in [9.17, 15) is 9.59 Å². The third-order valence-electron chi connectivity index (χ3n) is 3.64. The average molecular weight is 381 g/mol. The third-order valence-corrected chi connectivity index (χ3v) is 4.93. The highest BCUT2D eigenvalue weighted by Crippen LogP contribution is 2.32. The quantitative estimate of drug-likeness (QED) is 0.679. The Hall–Kier alpha value is -2.45. The fourth-order valence-corrected chi connectivity index (χ4v) is 3.57. The summed E-state index contributed by atoms with van der Waals surface area (Å²) in [4.78, 5) is 28.9. The first-order chi connectivity index (χ1) is 13.1. The summed E-state index contributed by atoms with van der Waals surface area (Å²) >= 11 is 7.29. The van der Waals surface area contributed by atoms with Gasteiger partial charge >= 0.3 is 0 Å². The molecule has 0 aromatic carbocycles. The summed E-state index contributed by atoms with van der Waals surface area (Å²) in [7, 11) is 0. The smallest absolute Gasteiger partial charge is 0.277 e. The summed E-state index contributed by atoms with van der Waals surface area (Å²) in [5, 5.41) is 11.5. The van der Waals surface area contributed by atoms with E-state index in [0.717, 1.165) is 4.70 Å². The molecule has 130 valence electrons. The Labute approximate surface area is 156 Å². The van der Waals surface area contributed by atoms with Crippen molar-refractivity contribution >= 4 is 50.3 Å². The van der Waals surface area contributed by atoms with Gasteiger partial charge in [0.25, 0.3) is 11.5 Å². The van der Waals surface area contributed by atoms with Crippen molar-refractivity contribution in [3.63, 3.8) is 0 Å². The van der Waals surface area contributed by atoms with Crippen molar-refractivity contribution in [3.05, 3.63) is 44.4 Å². The molecule has 3 aromatic rings. The molecule has 9 heteroatoms. The van der Waals surface area contributed by atoms with Gasteiger partial charge in [0.15, 0.2) is 0 Å². The number of hydrogen-bond acceptors (Lipinski definition) is 6. The zero-order valence-electron chi connectivity index (χ0n) is 16.4. The molecule has 0 spiro atoms. The lowest BCUT2D eigenvalue weighted by Crippen LogP contribution is -2.23. The normalized spacial score (nSPS) is 13.2. The highest BCUT2D eigenvalue weighted by atomic mass is 35.5. The molecular weight excluding hydrogens is 362 g/mol. The fourth-order valence-electron chi connectivity index (χ4n) is 2.47. The summed E-state index contributed by atoms with van der Waals surface area (Å²) in [6.07, 6.45) is 1.18. The number of halogens is 1. The van der Waals surface area contributed by atoms with E-state index in [1.54, 1.807) is 5.38 Å². The molecule has 2 N–H and O–H groups in total. The molecule has 0 aliphatic rings. The molecule has 0 radical (unpaired) electrons. The topological polar surface area (TPSA) is 88.9 Å². The summed E-state index contributed by atoms with van der Waals surface area (Å²) in [6, 6.07) is 1.39. The number of nitrogens with zero attached hydrogens (tertiary/aromatic N) is 3. The van der Waals surface area contributed by atoms with Crippen molar-refractivity contribution in [2.45, 2.75) is 20.4 Å². The first kappa shape index (κ1) is 13.8. The maximum atomic E-state index is 12.7. The number of aryl methyl sites for hydroxylation is 2. The van der Waals surface area contributed by atoms with Crippen LogP contribution in [0.4, 0.5) is 11.4 Å². The van der Waals surface area contributed by atoms with Gasteiger partial charge in [-0.05, 0) is 19.9 Å². The van der Waals surface area contributed by atoms with E-state index < -0.39 is 12.9 Å². The fraction of sp³-hybridized carbons (Fsp3) is 0.250. The van der Waals surface area contributed by atoms with Crippen molar-refractivity contribution in [2.24, 2.45) is 0 Å². The maximum absolute atomic E-state index is 12.7. The molecule has 3 aromatic heterocycles. The van der Waals surface area contributed by atoms with Gasteiger partial charge in [0, 0.05) is 29.2 Å². The summed E-state index contributed by atoms with van der Waals surface area (Å²) in [5.41, 5.74) is 1.14. The van der Waals surface area contributed by atoms with Gasteiger partial charge < -0.3 is 10.6 Å². The van der Waals surface area contributed by atoms with E-state index in [1.165, 1.54) is 28.3 Å². The van der Waals surface area contributed by atoms with Crippen molar-refractivity contribution in [1.29, 1.82) is 0 Å². The second-order valence-corrected chi connectivity index (χ2v) is 6.46. The van der Waals surface area contributed by atoms with Crippen LogP contribution in [-0.4, -0.2) is 27.6 Å². The molecule has 0 saturated carbocycles. The van der Waals surface area contributed by atoms with E-state index >= 15 is 0 Å². The SMILES string of the molecule is [2H]C([2H])([2H])NC(=O)c1cnc(Cl)cc1Nc1csc2c(C)nn(CC)c(=O)c12. The molecule has 7 nitrogen and oxygen atoms in total. The number of carbonyl (C=O) groups excluding carboxylic acids is 1. The summed E-state index contributed by atoms with van der Waals surface area (Å²) in [5.74, 6) is -0.838.